The van der Waals surface area contributed by atoms with Gasteiger partial charge < -0.3 is 15.1 Å². The molecule has 4 rings (SSSR count). The normalized spacial score (nSPS) is 13.9. The summed E-state index contributed by atoms with van der Waals surface area (Å²) in [6.07, 6.45) is 0. The highest BCUT2D eigenvalue weighted by molar-refractivity contribution is 5.92. The van der Waals surface area contributed by atoms with Crippen molar-refractivity contribution in [3.05, 3.63) is 69.9 Å². The summed E-state index contributed by atoms with van der Waals surface area (Å²) in [5, 5.41) is 7.40. The summed E-state index contributed by atoms with van der Waals surface area (Å²) in [7, 11) is 1.54. The van der Waals surface area contributed by atoms with E-state index in [-0.39, 0.29) is 17.2 Å². The molecule has 31 heavy (non-hydrogen) atoms. The Kier molecular flexibility index (Phi) is 5.66. The summed E-state index contributed by atoms with van der Waals surface area (Å²) < 4.78 is 1.18. The van der Waals surface area contributed by atoms with Crippen molar-refractivity contribution in [3.8, 4) is 0 Å². The van der Waals surface area contributed by atoms with Crippen LogP contribution in [0.25, 0.3) is 0 Å². The van der Waals surface area contributed by atoms with Gasteiger partial charge in [0.15, 0.2) is 0 Å². The van der Waals surface area contributed by atoms with Crippen LogP contribution in [-0.2, 0) is 7.05 Å². The van der Waals surface area contributed by atoms with Gasteiger partial charge in [0.1, 0.15) is 23.2 Å². The quantitative estimate of drug-likeness (QED) is 0.690. The van der Waals surface area contributed by atoms with Gasteiger partial charge in [-0.1, -0.05) is 17.7 Å². The van der Waals surface area contributed by atoms with Gasteiger partial charge in [-0.15, -0.1) is 0 Å². The average molecular weight is 419 g/mol. The van der Waals surface area contributed by atoms with Gasteiger partial charge in [0.05, 0.1) is 0 Å². The van der Waals surface area contributed by atoms with Crippen LogP contribution in [0.4, 0.5) is 17.3 Å². The van der Waals surface area contributed by atoms with E-state index in [9.17, 15) is 9.59 Å². The third-order valence-corrected chi connectivity index (χ3v) is 5.22. The molecule has 1 aromatic carbocycles. The number of anilines is 3. The number of carbonyl (C=O) groups excluding carboxylic acids is 1. The number of hydrogen-bond donors (Lipinski definition) is 1. The highest BCUT2D eigenvalue weighted by Crippen LogP contribution is 2.21. The van der Waals surface area contributed by atoms with Gasteiger partial charge in [-0.2, -0.15) is 5.10 Å². The van der Waals surface area contributed by atoms with Gasteiger partial charge in [0, 0.05) is 51.0 Å². The van der Waals surface area contributed by atoms with Crippen LogP contribution in [0.1, 0.15) is 21.9 Å². The van der Waals surface area contributed by atoms with Crippen molar-refractivity contribution < 1.29 is 4.79 Å². The van der Waals surface area contributed by atoms with Crippen LogP contribution in [0.3, 0.4) is 0 Å². The van der Waals surface area contributed by atoms with Gasteiger partial charge in [-0.05, 0) is 32.0 Å². The first-order valence-electron chi connectivity index (χ1n) is 10.2. The molecule has 0 saturated carbocycles. The van der Waals surface area contributed by atoms with Gasteiger partial charge in [0.25, 0.3) is 11.5 Å². The molecular formula is C22H25N7O2. The number of aryl methyl sites for hydroxylation is 3. The fraction of sp³-hybridized carbons (Fsp3) is 0.318. The van der Waals surface area contributed by atoms with E-state index in [2.05, 4.69) is 32.2 Å². The van der Waals surface area contributed by atoms with Gasteiger partial charge in [-0.25, -0.2) is 14.6 Å². The molecule has 3 heterocycles. The molecule has 2 aromatic heterocycles. The third kappa shape index (κ3) is 4.71. The highest BCUT2D eigenvalue weighted by Gasteiger charge is 2.24. The first-order chi connectivity index (χ1) is 14.9. The number of amides is 1. The van der Waals surface area contributed by atoms with Crippen molar-refractivity contribution in [2.45, 2.75) is 13.8 Å². The maximum atomic E-state index is 12.7. The zero-order chi connectivity index (χ0) is 22.0. The van der Waals surface area contributed by atoms with Gasteiger partial charge >= 0.3 is 0 Å². The lowest BCUT2D eigenvalue weighted by molar-refractivity contribution is 0.0738. The predicted octanol–water partition coefficient (Wildman–Crippen LogP) is 1.89. The number of hydrogen-bond acceptors (Lipinski definition) is 7. The molecule has 9 heteroatoms. The lowest BCUT2D eigenvalue weighted by Crippen LogP contribution is -2.49. The van der Waals surface area contributed by atoms with Crippen LogP contribution in [0.5, 0.6) is 0 Å². The largest absolute Gasteiger partial charge is 0.353 e. The van der Waals surface area contributed by atoms with E-state index in [1.807, 2.05) is 37.3 Å². The Balaban J connectivity index is 1.44. The van der Waals surface area contributed by atoms with E-state index in [1.165, 1.54) is 29.4 Å². The van der Waals surface area contributed by atoms with E-state index in [1.54, 1.807) is 4.90 Å². The first-order valence-corrected chi connectivity index (χ1v) is 10.2. The molecular weight excluding hydrogens is 394 g/mol. The van der Waals surface area contributed by atoms with Crippen LogP contribution in [0.15, 0.2) is 47.3 Å². The molecule has 1 fully saturated rings. The molecule has 9 nitrogen and oxygen atoms in total. The van der Waals surface area contributed by atoms with E-state index in [0.717, 1.165) is 17.3 Å². The highest BCUT2D eigenvalue weighted by atomic mass is 16.2. The second-order valence-corrected chi connectivity index (χ2v) is 7.61. The van der Waals surface area contributed by atoms with E-state index in [4.69, 9.17) is 0 Å². The number of nitrogens with one attached hydrogen (secondary N) is 1. The Hall–Kier alpha value is -3.75. The maximum absolute atomic E-state index is 12.7. The second kappa shape index (κ2) is 8.55. The Morgan fingerprint density at radius 2 is 1.68 bits per heavy atom. The molecule has 0 radical (unpaired) electrons. The van der Waals surface area contributed by atoms with Crippen LogP contribution in [0.2, 0.25) is 0 Å². The number of piperazine rings is 1. The van der Waals surface area contributed by atoms with Gasteiger partial charge in [0.2, 0.25) is 0 Å². The number of aromatic nitrogens is 4. The first kappa shape index (κ1) is 20.5. The molecule has 0 atom stereocenters. The number of benzene rings is 1. The van der Waals surface area contributed by atoms with Crippen molar-refractivity contribution in [1.82, 2.24) is 24.6 Å². The molecule has 1 saturated heterocycles. The average Bonchev–Trinajstić information content (AvgIpc) is 2.76. The minimum Gasteiger partial charge on any atom is -0.353 e. The smallest absolute Gasteiger partial charge is 0.274 e. The molecule has 1 aliphatic rings. The Morgan fingerprint density at radius 1 is 0.968 bits per heavy atom. The summed E-state index contributed by atoms with van der Waals surface area (Å²) >= 11 is 0. The van der Waals surface area contributed by atoms with Crippen molar-refractivity contribution in [3.63, 3.8) is 0 Å². The molecule has 0 bridgehead atoms. The second-order valence-electron chi connectivity index (χ2n) is 7.61. The molecule has 1 amide bonds. The minimum absolute atomic E-state index is 0.171. The molecule has 0 unspecified atom stereocenters. The monoisotopic (exact) mass is 419 g/mol. The molecule has 1 N–H and O–H groups in total. The lowest BCUT2D eigenvalue weighted by atomic mass is 10.2. The standard InChI is InChI=1S/C22H25N7O2/c1-15-4-6-17(7-5-15)25-19-14-20(24-16(2)23-19)28-10-12-29(13-11-28)22(31)18-8-9-21(30)27(3)26-18/h4-9,14H,10-13H2,1-3H3,(H,23,24,25). The van der Waals surface area contributed by atoms with Crippen LogP contribution >= 0.6 is 0 Å². The van der Waals surface area contributed by atoms with E-state index in [0.29, 0.717) is 32.0 Å². The number of nitrogens with zero attached hydrogens (tertiary/aromatic N) is 6. The van der Waals surface area contributed by atoms with Crippen molar-refractivity contribution in [2.75, 3.05) is 36.4 Å². The van der Waals surface area contributed by atoms with Crippen LogP contribution in [-0.4, -0.2) is 56.7 Å². The predicted molar refractivity (Wildman–Crippen MR) is 119 cm³/mol. The third-order valence-electron chi connectivity index (χ3n) is 5.22. The van der Waals surface area contributed by atoms with E-state index < -0.39 is 0 Å². The van der Waals surface area contributed by atoms with Crippen molar-refractivity contribution in [1.29, 1.82) is 0 Å². The number of carbonyl (C=O) groups is 1. The fourth-order valence-corrected chi connectivity index (χ4v) is 3.48. The van der Waals surface area contributed by atoms with Crippen molar-refractivity contribution >= 4 is 23.2 Å². The summed E-state index contributed by atoms with van der Waals surface area (Å²) in [4.78, 5) is 37.2. The number of rotatable bonds is 4. The molecule has 160 valence electrons. The summed E-state index contributed by atoms with van der Waals surface area (Å²) in [5.74, 6) is 2.07. The summed E-state index contributed by atoms with van der Waals surface area (Å²) in [6.45, 7) is 6.32. The van der Waals surface area contributed by atoms with Crippen LogP contribution in [0, 0.1) is 13.8 Å². The summed E-state index contributed by atoms with van der Waals surface area (Å²) in [6, 6.07) is 12.9. The Morgan fingerprint density at radius 3 is 2.35 bits per heavy atom. The Bertz CT molecular complexity index is 1150. The van der Waals surface area contributed by atoms with Crippen LogP contribution < -0.4 is 15.8 Å². The Labute approximate surface area is 180 Å². The molecule has 3 aromatic rings. The zero-order valence-corrected chi connectivity index (χ0v) is 17.9. The SMILES string of the molecule is Cc1ccc(Nc2cc(N3CCN(C(=O)c4ccc(=O)n(C)n4)CC3)nc(C)n2)cc1. The zero-order valence-electron chi connectivity index (χ0n) is 17.9. The lowest BCUT2D eigenvalue weighted by Gasteiger charge is -2.35. The molecule has 1 aliphatic heterocycles. The molecule has 0 spiro atoms. The molecule has 0 aliphatic carbocycles. The summed E-state index contributed by atoms with van der Waals surface area (Å²) in [5.41, 5.74) is 2.20. The van der Waals surface area contributed by atoms with E-state index >= 15 is 0 Å². The topological polar surface area (TPSA) is 96.2 Å². The fourth-order valence-electron chi connectivity index (χ4n) is 3.48. The minimum atomic E-state index is -0.240. The van der Waals surface area contributed by atoms with Gasteiger partial charge in [-0.3, -0.25) is 9.59 Å². The van der Waals surface area contributed by atoms with Crippen molar-refractivity contribution in [2.24, 2.45) is 7.05 Å². The maximum Gasteiger partial charge on any atom is 0.274 e.